The molecule has 1 saturated heterocycles. The van der Waals surface area contributed by atoms with Crippen LogP contribution in [-0.2, 0) is 4.79 Å². The summed E-state index contributed by atoms with van der Waals surface area (Å²) in [5.41, 5.74) is 6.20. The van der Waals surface area contributed by atoms with Crippen LogP contribution in [0.25, 0.3) is 10.9 Å². The fraction of sp³-hybridized carbons (Fsp3) is 0.333. The number of halogens is 2. The lowest BCUT2D eigenvalue weighted by Crippen LogP contribution is -2.44. The van der Waals surface area contributed by atoms with Crippen LogP contribution in [0.1, 0.15) is 23.3 Å². The topological polar surface area (TPSA) is 79.2 Å². The van der Waals surface area contributed by atoms with Crippen LogP contribution in [0.5, 0.6) is 0 Å². The number of hydrogen-bond donors (Lipinski definition) is 2. The molecular weight excluding hydrogens is 353 g/mol. The number of likely N-dealkylation sites (tertiary alicyclic amines) is 1. The van der Waals surface area contributed by atoms with Gasteiger partial charge < -0.3 is 15.6 Å². The maximum absolute atomic E-state index is 13.9. The highest BCUT2D eigenvalue weighted by Crippen LogP contribution is 2.25. The number of rotatable bonds is 2. The monoisotopic (exact) mass is 367 g/mol. The Morgan fingerprint density at radius 2 is 2.14 bits per heavy atom. The number of piperidine rings is 1. The van der Waals surface area contributed by atoms with E-state index in [9.17, 15) is 14.0 Å². The first kappa shape index (κ1) is 15.0. The van der Waals surface area contributed by atoms with Crippen LogP contribution in [0.4, 0.5) is 4.39 Å². The maximum Gasteiger partial charge on any atom is 0.270 e. The standard InChI is InChI=1S/C15H15BrFN3O2/c16-9-4-11(17)10-6-13(19-12(10)5-9)15(22)20-3-1-2-8(7-20)14(18)21/h4-6,8,19H,1-3,7H2,(H2,18,21). The summed E-state index contributed by atoms with van der Waals surface area (Å²) < 4.78 is 14.5. The SMILES string of the molecule is NC(=O)C1CCCN(C(=O)c2cc3c(F)cc(Br)cc3[nH]2)C1. The lowest BCUT2D eigenvalue weighted by atomic mass is 9.97. The smallest absolute Gasteiger partial charge is 0.270 e. The van der Waals surface area contributed by atoms with Gasteiger partial charge >= 0.3 is 0 Å². The minimum absolute atomic E-state index is 0.238. The Hall–Kier alpha value is -1.89. The molecule has 2 amide bonds. The second-order valence-electron chi connectivity index (χ2n) is 5.52. The van der Waals surface area contributed by atoms with Crippen molar-refractivity contribution in [1.82, 2.24) is 9.88 Å². The average Bonchev–Trinajstić information content (AvgIpc) is 2.90. The summed E-state index contributed by atoms with van der Waals surface area (Å²) in [6, 6.07) is 4.58. The number of aromatic amines is 1. The molecule has 2 heterocycles. The number of aromatic nitrogens is 1. The number of fused-ring (bicyclic) bond motifs is 1. The van der Waals surface area contributed by atoms with Gasteiger partial charge in [0.1, 0.15) is 11.5 Å². The highest BCUT2D eigenvalue weighted by atomic mass is 79.9. The number of nitrogens with two attached hydrogens (primary N) is 1. The molecule has 0 aliphatic carbocycles. The number of hydrogen-bond acceptors (Lipinski definition) is 2. The number of carbonyl (C=O) groups excluding carboxylic acids is 2. The van der Waals surface area contributed by atoms with E-state index in [1.165, 1.54) is 12.1 Å². The number of amides is 2. The van der Waals surface area contributed by atoms with Crippen LogP contribution in [0.15, 0.2) is 22.7 Å². The Morgan fingerprint density at radius 3 is 2.86 bits per heavy atom. The fourth-order valence-electron chi connectivity index (χ4n) is 2.84. The fourth-order valence-corrected chi connectivity index (χ4v) is 3.27. The summed E-state index contributed by atoms with van der Waals surface area (Å²) in [5, 5.41) is 0.370. The van der Waals surface area contributed by atoms with Crippen LogP contribution in [0.2, 0.25) is 0 Å². The van der Waals surface area contributed by atoms with E-state index in [0.29, 0.717) is 40.6 Å². The van der Waals surface area contributed by atoms with Crippen LogP contribution >= 0.6 is 15.9 Å². The highest BCUT2D eigenvalue weighted by molar-refractivity contribution is 9.10. The molecule has 1 aliphatic heterocycles. The van der Waals surface area contributed by atoms with Crippen LogP contribution < -0.4 is 5.73 Å². The molecule has 22 heavy (non-hydrogen) atoms. The summed E-state index contributed by atoms with van der Waals surface area (Å²) in [6.45, 7) is 0.889. The minimum atomic E-state index is -0.395. The zero-order valence-corrected chi connectivity index (χ0v) is 13.3. The van der Waals surface area contributed by atoms with Gasteiger partial charge in [-0.2, -0.15) is 0 Å². The van der Waals surface area contributed by atoms with E-state index in [1.807, 2.05) is 0 Å². The molecule has 1 atom stereocenters. The molecule has 0 radical (unpaired) electrons. The summed E-state index contributed by atoms with van der Waals surface area (Å²) in [6.07, 6.45) is 1.44. The number of nitrogens with one attached hydrogen (secondary N) is 1. The number of carbonyl (C=O) groups is 2. The van der Waals surface area contributed by atoms with Crippen LogP contribution in [0, 0.1) is 11.7 Å². The molecule has 7 heteroatoms. The molecule has 1 unspecified atom stereocenters. The molecular formula is C15H15BrFN3O2. The third-order valence-electron chi connectivity index (χ3n) is 3.99. The minimum Gasteiger partial charge on any atom is -0.369 e. The van der Waals surface area contributed by atoms with Crippen molar-refractivity contribution in [3.63, 3.8) is 0 Å². The summed E-state index contributed by atoms with van der Waals surface area (Å²) in [4.78, 5) is 28.4. The predicted octanol–water partition coefficient (Wildman–Crippen LogP) is 2.41. The van der Waals surface area contributed by atoms with Crippen molar-refractivity contribution in [3.8, 4) is 0 Å². The van der Waals surface area contributed by atoms with Gasteiger partial charge in [-0.3, -0.25) is 9.59 Å². The maximum atomic E-state index is 13.9. The number of H-pyrrole nitrogens is 1. The van der Waals surface area contributed by atoms with Gasteiger partial charge in [-0.05, 0) is 31.0 Å². The number of benzene rings is 1. The Morgan fingerprint density at radius 1 is 1.36 bits per heavy atom. The van der Waals surface area contributed by atoms with Crippen molar-refractivity contribution in [2.24, 2.45) is 11.7 Å². The van der Waals surface area contributed by atoms with Crippen LogP contribution in [0.3, 0.4) is 0 Å². The second kappa shape index (κ2) is 5.72. The lowest BCUT2D eigenvalue weighted by molar-refractivity contribution is -0.123. The normalized spacial score (nSPS) is 18.6. The molecule has 3 N–H and O–H groups in total. The molecule has 1 aromatic heterocycles. The molecule has 5 nitrogen and oxygen atoms in total. The Bertz CT molecular complexity index is 759. The molecule has 0 spiro atoms. The van der Waals surface area contributed by atoms with Gasteiger partial charge in [-0.15, -0.1) is 0 Å². The van der Waals surface area contributed by atoms with Gasteiger partial charge in [-0.25, -0.2) is 4.39 Å². The van der Waals surface area contributed by atoms with Crippen molar-refractivity contribution in [2.45, 2.75) is 12.8 Å². The zero-order chi connectivity index (χ0) is 15.9. The van der Waals surface area contributed by atoms with Gasteiger partial charge in [0, 0.05) is 22.9 Å². The number of primary amides is 1. The predicted molar refractivity (Wildman–Crippen MR) is 83.8 cm³/mol. The van der Waals surface area contributed by atoms with E-state index in [1.54, 1.807) is 11.0 Å². The van der Waals surface area contributed by atoms with Gasteiger partial charge in [0.2, 0.25) is 5.91 Å². The number of nitrogens with zero attached hydrogens (tertiary/aromatic N) is 1. The van der Waals surface area contributed by atoms with Crippen molar-refractivity contribution in [2.75, 3.05) is 13.1 Å². The van der Waals surface area contributed by atoms with E-state index in [4.69, 9.17) is 5.73 Å². The van der Waals surface area contributed by atoms with Gasteiger partial charge in [-0.1, -0.05) is 15.9 Å². The van der Waals surface area contributed by atoms with Crippen molar-refractivity contribution < 1.29 is 14.0 Å². The lowest BCUT2D eigenvalue weighted by Gasteiger charge is -2.30. The molecule has 2 aromatic rings. The van der Waals surface area contributed by atoms with E-state index < -0.39 is 5.82 Å². The van der Waals surface area contributed by atoms with Crippen molar-refractivity contribution >= 4 is 38.6 Å². The third kappa shape index (κ3) is 2.72. The molecule has 3 rings (SSSR count). The molecule has 1 aromatic carbocycles. The summed E-state index contributed by atoms with van der Waals surface area (Å²) in [7, 11) is 0. The van der Waals surface area contributed by atoms with E-state index in [-0.39, 0.29) is 17.7 Å². The van der Waals surface area contributed by atoms with Gasteiger partial charge in [0.25, 0.3) is 5.91 Å². The first-order chi connectivity index (χ1) is 10.5. The third-order valence-corrected chi connectivity index (χ3v) is 4.45. The zero-order valence-electron chi connectivity index (χ0n) is 11.7. The first-order valence-electron chi connectivity index (χ1n) is 7.02. The second-order valence-corrected chi connectivity index (χ2v) is 6.44. The van der Waals surface area contributed by atoms with Gasteiger partial charge in [0.15, 0.2) is 0 Å². The van der Waals surface area contributed by atoms with Crippen molar-refractivity contribution in [3.05, 3.63) is 34.2 Å². The molecule has 116 valence electrons. The Balaban J connectivity index is 1.89. The Kier molecular flexibility index (Phi) is 3.90. The van der Waals surface area contributed by atoms with Crippen LogP contribution in [-0.4, -0.2) is 34.8 Å². The van der Waals surface area contributed by atoms with Gasteiger partial charge in [0.05, 0.1) is 11.4 Å². The van der Waals surface area contributed by atoms with E-state index >= 15 is 0 Å². The van der Waals surface area contributed by atoms with E-state index in [2.05, 4.69) is 20.9 Å². The summed E-state index contributed by atoms with van der Waals surface area (Å²) in [5.74, 6) is -1.33. The first-order valence-corrected chi connectivity index (χ1v) is 7.81. The molecule has 1 fully saturated rings. The average molecular weight is 368 g/mol. The Labute approximate surface area is 134 Å². The van der Waals surface area contributed by atoms with E-state index in [0.717, 1.165) is 6.42 Å². The summed E-state index contributed by atoms with van der Waals surface area (Å²) >= 11 is 3.22. The molecule has 0 bridgehead atoms. The van der Waals surface area contributed by atoms with Crippen molar-refractivity contribution in [1.29, 1.82) is 0 Å². The molecule has 0 saturated carbocycles. The molecule has 1 aliphatic rings. The largest absolute Gasteiger partial charge is 0.369 e. The quantitative estimate of drug-likeness (QED) is 0.854. The highest BCUT2D eigenvalue weighted by Gasteiger charge is 2.28.